The van der Waals surface area contributed by atoms with Crippen molar-refractivity contribution in [3.8, 4) is 23.7 Å². The van der Waals surface area contributed by atoms with Crippen LogP contribution in [0, 0.1) is 37.5 Å². The number of fused-ring (bicyclic) bond motifs is 10. The fourth-order valence-corrected chi connectivity index (χ4v) is 11.9. The Morgan fingerprint density at radius 3 is 1.04 bits per heavy atom. The monoisotopic (exact) mass is 732 g/mol. The van der Waals surface area contributed by atoms with E-state index in [1.54, 1.807) is 0 Å². The molecule has 0 N–H and O–H groups in total. The molecule has 10 rings (SSSR count). The fraction of sp³-hybridized carbons (Fsp3) is 0.0417. The third kappa shape index (κ3) is 5.72. The molecule has 0 aliphatic heterocycles. The van der Waals surface area contributed by atoms with E-state index in [-0.39, 0.29) is 0 Å². The lowest BCUT2D eigenvalue weighted by Gasteiger charge is -1.98. The van der Waals surface area contributed by atoms with E-state index < -0.39 is 0 Å². The van der Waals surface area contributed by atoms with Crippen LogP contribution in [0.5, 0.6) is 0 Å². The minimum absolute atomic E-state index is 1.04. The van der Waals surface area contributed by atoms with Crippen molar-refractivity contribution in [2.75, 3.05) is 0 Å². The van der Waals surface area contributed by atoms with Gasteiger partial charge in [0, 0.05) is 62.6 Å². The third-order valence-electron chi connectivity index (χ3n) is 9.48. The highest BCUT2D eigenvalue weighted by molar-refractivity contribution is 7.37. The summed E-state index contributed by atoms with van der Waals surface area (Å²) in [6.45, 7) is 4.21. The Labute approximate surface area is 317 Å². The van der Waals surface area contributed by atoms with Gasteiger partial charge in [-0.1, -0.05) is 83.4 Å². The Balaban J connectivity index is 0.949. The highest BCUT2D eigenvalue weighted by Crippen LogP contribution is 2.46. The summed E-state index contributed by atoms with van der Waals surface area (Å²) in [5.74, 6) is 13.4. The molecule has 0 unspecified atom stereocenters. The van der Waals surface area contributed by atoms with E-state index in [2.05, 4.69) is 171 Å². The van der Waals surface area contributed by atoms with Crippen molar-refractivity contribution >= 4 is 117 Å². The SMILES string of the molecule is Cc1ccc(C#Cc2ccc3sc4c5cc(C=Cc6ccc7sc8c9cc(C#Cc%10ccc(C)cc%10)ccc9sc8c7c6)ccc5sc4c3c2)cc1. The Bertz CT molecular complexity index is 2970. The van der Waals surface area contributed by atoms with Gasteiger partial charge >= 0.3 is 0 Å². The molecule has 4 aromatic heterocycles. The van der Waals surface area contributed by atoms with Gasteiger partial charge in [-0.15, -0.1) is 45.3 Å². The lowest BCUT2D eigenvalue weighted by molar-refractivity contribution is 1.46. The molecule has 0 nitrogen and oxygen atoms in total. The molecule has 0 fully saturated rings. The second-order valence-electron chi connectivity index (χ2n) is 13.2. The molecule has 6 aromatic carbocycles. The van der Waals surface area contributed by atoms with Crippen molar-refractivity contribution in [3.05, 3.63) is 166 Å². The minimum Gasteiger partial charge on any atom is -0.134 e. The molecule has 0 aliphatic carbocycles. The second-order valence-corrected chi connectivity index (χ2v) is 17.4. The largest absolute Gasteiger partial charge is 0.134 e. The van der Waals surface area contributed by atoms with Crippen LogP contribution < -0.4 is 0 Å². The van der Waals surface area contributed by atoms with Crippen LogP contribution in [0.25, 0.3) is 71.3 Å². The van der Waals surface area contributed by atoms with Crippen molar-refractivity contribution in [3.63, 3.8) is 0 Å². The zero-order valence-corrected chi connectivity index (χ0v) is 31.6. The van der Waals surface area contributed by atoms with Gasteiger partial charge in [-0.05, 0) is 110 Å². The molecule has 0 saturated heterocycles. The van der Waals surface area contributed by atoms with Gasteiger partial charge in [0.25, 0.3) is 0 Å². The molecule has 0 spiro atoms. The van der Waals surface area contributed by atoms with Crippen molar-refractivity contribution in [1.82, 2.24) is 0 Å². The Hall–Kier alpha value is -5.46. The van der Waals surface area contributed by atoms with Gasteiger partial charge in [0.2, 0.25) is 0 Å². The van der Waals surface area contributed by atoms with Crippen LogP contribution in [0.1, 0.15) is 44.5 Å². The Morgan fingerprint density at radius 1 is 0.346 bits per heavy atom. The van der Waals surface area contributed by atoms with E-state index in [0.717, 1.165) is 22.3 Å². The molecule has 244 valence electrons. The number of hydrogen-bond acceptors (Lipinski definition) is 4. The molecule has 4 heteroatoms. The van der Waals surface area contributed by atoms with Crippen LogP contribution in [-0.4, -0.2) is 0 Å². The lowest BCUT2D eigenvalue weighted by Crippen LogP contribution is -1.77. The first-order valence-electron chi connectivity index (χ1n) is 17.1. The first-order valence-corrected chi connectivity index (χ1v) is 20.4. The van der Waals surface area contributed by atoms with Gasteiger partial charge in [-0.25, -0.2) is 0 Å². The zero-order chi connectivity index (χ0) is 34.8. The average molecular weight is 733 g/mol. The van der Waals surface area contributed by atoms with E-state index in [4.69, 9.17) is 0 Å². The lowest BCUT2D eigenvalue weighted by atomic mass is 10.1. The second kappa shape index (κ2) is 12.6. The van der Waals surface area contributed by atoms with Gasteiger partial charge in [-0.3, -0.25) is 0 Å². The van der Waals surface area contributed by atoms with E-state index in [1.807, 2.05) is 45.3 Å². The van der Waals surface area contributed by atoms with E-state index >= 15 is 0 Å². The number of hydrogen-bond donors (Lipinski definition) is 0. The molecule has 4 heterocycles. The van der Waals surface area contributed by atoms with Crippen LogP contribution in [0.4, 0.5) is 0 Å². The van der Waals surface area contributed by atoms with Gasteiger partial charge in [0.15, 0.2) is 0 Å². The topological polar surface area (TPSA) is 0 Å². The van der Waals surface area contributed by atoms with Crippen LogP contribution >= 0.6 is 45.3 Å². The van der Waals surface area contributed by atoms with Crippen LogP contribution in [0.2, 0.25) is 0 Å². The predicted octanol–water partition coefficient (Wildman–Crippen LogP) is 14.4. The zero-order valence-electron chi connectivity index (χ0n) is 28.3. The number of rotatable bonds is 2. The number of aryl methyl sites for hydroxylation is 2. The maximum Gasteiger partial charge on any atom is 0.0542 e. The fourth-order valence-electron chi connectivity index (χ4n) is 6.67. The third-order valence-corrected chi connectivity index (χ3v) is 14.6. The Kier molecular flexibility index (Phi) is 7.61. The summed E-state index contributed by atoms with van der Waals surface area (Å²) in [7, 11) is 0. The summed E-state index contributed by atoms with van der Waals surface area (Å²) in [6.07, 6.45) is 4.51. The highest BCUT2D eigenvalue weighted by atomic mass is 32.1. The molecule has 0 atom stereocenters. The van der Waals surface area contributed by atoms with Crippen LogP contribution in [-0.2, 0) is 0 Å². The maximum absolute atomic E-state index is 3.39. The molecule has 0 aliphatic rings. The molecule has 10 aromatic rings. The van der Waals surface area contributed by atoms with Gasteiger partial charge < -0.3 is 0 Å². The van der Waals surface area contributed by atoms with Gasteiger partial charge in [0.1, 0.15) is 0 Å². The molecule has 0 amide bonds. The van der Waals surface area contributed by atoms with Crippen molar-refractivity contribution in [1.29, 1.82) is 0 Å². The molecule has 0 radical (unpaired) electrons. The smallest absolute Gasteiger partial charge is 0.0542 e. The summed E-state index contributed by atoms with van der Waals surface area (Å²) in [6, 6.07) is 43.8. The van der Waals surface area contributed by atoms with Crippen LogP contribution in [0.15, 0.2) is 121 Å². The van der Waals surface area contributed by atoms with E-state index in [9.17, 15) is 0 Å². The summed E-state index contributed by atoms with van der Waals surface area (Å²) in [4.78, 5) is 0. The number of thiophene rings is 4. The van der Waals surface area contributed by atoms with E-state index in [0.29, 0.717) is 0 Å². The van der Waals surface area contributed by atoms with Crippen molar-refractivity contribution in [2.45, 2.75) is 13.8 Å². The Morgan fingerprint density at radius 2 is 0.654 bits per heavy atom. The molecule has 52 heavy (non-hydrogen) atoms. The van der Waals surface area contributed by atoms with Crippen molar-refractivity contribution in [2.24, 2.45) is 0 Å². The van der Waals surface area contributed by atoms with Gasteiger partial charge in [0.05, 0.1) is 18.8 Å². The number of benzene rings is 6. The predicted molar refractivity (Wildman–Crippen MR) is 233 cm³/mol. The van der Waals surface area contributed by atoms with E-state index in [1.165, 1.54) is 81.4 Å². The van der Waals surface area contributed by atoms with Crippen LogP contribution in [0.3, 0.4) is 0 Å². The van der Waals surface area contributed by atoms with Gasteiger partial charge in [-0.2, -0.15) is 0 Å². The maximum atomic E-state index is 3.39. The summed E-state index contributed by atoms with van der Waals surface area (Å²) >= 11 is 7.55. The summed E-state index contributed by atoms with van der Waals surface area (Å²) < 4.78 is 10.7. The average Bonchev–Trinajstić information content (AvgIpc) is 3.91. The molecule has 0 bridgehead atoms. The normalized spacial score (nSPS) is 11.7. The summed E-state index contributed by atoms with van der Waals surface area (Å²) in [5, 5.41) is 5.27. The molecular formula is C48H28S4. The van der Waals surface area contributed by atoms with Crippen molar-refractivity contribution < 1.29 is 0 Å². The molecular weight excluding hydrogens is 705 g/mol. The highest BCUT2D eigenvalue weighted by Gasteiger charge is 2.14. The summed E-state index contributed by atoms with van der Waals surface area (Å²) in [5.41, 5.74) is 9.12. The first-order chi connectivity index (χ1) is 25.5. The quantitative estimate of drug-likeness (QED) is 0.123. The first kappa shape index (κ1) is 31.3. The minimum atomic E-state index is 1.04. The standard InChI is InChI=1S/C48H28S4/c1-29-3-7-31(8-4-29)11-13-33-17-21-41-37(25-33)45-47(49-41)39-27-35(19-23-43(39)51-45)15-16-36-20-24-44-40(28-36)48-46(52-44)38-26-34(18-22-42(38)50-48)14-12-32-9-5-30(2)6-10-32/h3-10,15-28H,1-2H3. The molecule has 0 saturated carbocycles.